The Labute approximate surface area is 110 Å². The maximum absolute atomic E-state index is 6.13. The molecule has 0 bridgehead atoms. The molecule has 0 saturated heterocycles. The first-order valence-corrected chi connectivity index (χ1v) is 7.12. The smallest absolute Gasteiger partial charge is 0.0932 e. The van der Waals surface area contributed by atoms with Crippen molar-refractivity contribution in [1.82, 2.24) is 0 Å². The molecule has 2 fully saturated rings. The van der Waals surface area contributed by atoms with E-state index in [4.69, 9.17) is 10.5 Å². The second-order valence-electron chi connectivity index (χ2n) is 5.94. The number of rotatable bonds is 4. The standard InChI is InChI=1S/C16H23NO/c1-18-16(10-11-16)14-7-3-2-6-13(14)15(12-17)8-4-5-9-15/h2-3,6-7H,4-5,8-12,17H2,1H3. The predicted molar refractivity (Wildman–Crippen MR) is 73.6 cm³/mol. The van der Waals surface area contributed by atoms with E-state index < -0.39 is 0 Å². The Morgan fingerprint density at radius 2 is 1.67 bits per heavy atom. The second kappa shape index (κ2) is 4.36. The molecule has 2 saturated carbocycles. The average molecular weight is 245 g/mol. The first-order chi connectivity index (χ1) is 8.76. The van der Waals surface area contributed by atoms with Crippen molar-refractivity contribution in [2.45, 2.75) is 49.5 Å². The lowest BCUT2D eigenvalue weighted by Crippen LogP contribution is -2.34. The van der Waals surface area contributed by atoms with Gasteiger partial charge in [0.1, 0.15) is 0 Å². The molecule has 0 unspecified atom stereocenters. The summed E-state index contributed by atoms with van der Waals surface area (Å²) in [6.07, 6.45) is 7.40. The highest BCUT2D eigenvalue weighted by molar-refractivity contribution is 5.42. The predicted octanol–water partition coefficient (Wildman–Crippen LogP) is 3.09. The third-order valence-electron chi connectivity index (χ3n) is 5.04. The summed E-state index contributed by atoms with van der Waals surface area (Å²) in [5, 5.41) is 0. The van der Waals surface area contributed by atoms with Crippen LogP contribution in [0.4, 0.5) is 0 Å². The van der Waals surface area contributed by atoms with Crippen LogP contribution in [0.1, 0.15) is 49.7 Å². The highest BCUT2D eigenvalue weighted by atomic mass is 16.5. The lowest BCUT2D eigenvalue weighted by molar-refractivity contribution is 0.0770. The second-order valence-corrected chi connectivity index (χ2v) is 5.94. The molecular formula is C16H23NO. The lowest BCUT2D eigenvalue weighted by atomic mass is 9.75. The molecular weight excluding hydrogens is 222 g/mol. The van der Waals surface area contributed by atoms with Gasteiger partial charge in [-0.15, -0.1) is 0 Å². The number of hydrogen-bond acceptors (Lipinski definition) is 2. The molecule has 2 nitrogen and oxygen atoms in total. The minimum Gasteiger partial charge on any atom is -0.374 e. The van der Waals surface area contributed by atoms with Crippen molar-refractivity contribution in [1.29, 1.82) is 0 Å². The van der Waals surface area contributed by atoms with E-state index in [1.807, 2.05) is 7.11 Å². The zero-order valence-corrected chi connectivity index (χ0v) is 11.2. The van der Waals surface area contributed by atoms with Gasteiger partial charge >= 0.3 is 0 Å². The zero-order chi connectivity index (χ0) is 12.6. The van der Waals surface area contributed by atoms with Crippen LogP contribution in [0.5, 0.6) is 0 Å². The van der Waals surface area contributed by atoms with Crippen LogP contribution >= 0.6 is 0 Å². The van der Waals surface area contributed by atoms with Crippen molar-refractivity contribution >= 4 is 0 Å². The number of nitrogens with two attached hydrogens (primary N) is 1. The van der Waals surface area contributed by atoms with Gasteiger partial charge in [0.25, 0.3) is 0 Å². The minimum absolute atomic E-state index is 0.00134. The van der Waals surface area contributed by atoms with E-state index >= 15 is 0 Å². The quantitative estimate of drug-likeness (QED) is 0.884. The Balaban J connectivity index is 2.06. The summed E-state index contributed by atoms with van der Waals surface area (Å²) < 4.78 is 5.78. The maximum Gasteiger partial charge on any atom is 0.0932 e. The van der Waals surface area contributed by atoms with Crippen LogP contribution in [-0.4, -0.2) is 13.7 Å². The fourth-order valence-corrected chi connectivity index (χ4v) is 3.68. The monoisotopic (exact) mass is 245 g/mol. The van der Waals surface area contributed by atoms with Crippen LogP contribution in [0.3, 0.4) is 0 Å². The molecule has 1 aromatic rings. The van der Waals surface area contributed by atoms with Crippen molar-refractivity contribution < 1.29 is 4.74 Å². The Hall–Kier alpha value is -0.860. The van der Waals surface area contributed by atoms with E-state index in [9.17, 15) is 0 Å². The molecule has 3 rings (SSSR count). The Morgan fingerprint density at radius 3 is 2.17 bits per heavy atom. The molecule has 0 amide bonds. The Kier molecular flexibility index (Phi) is 2.95. The topological polar surface area (TPSA) is 35.2 Å². The Bertz CT molecular complexity index is 430. The van der Waals surface area contributed by atoms with E-state index in [0.717, 1.165) is 19.4 Å². The van der Waals surface area contributed by atoms with Crippen LogP contribution in [0, 0.1) is 0 Å². The van der Waals surface area contributed by atoms with Gasteiger partial charge in [0.05, 0.1) is 5.60 Å². The van der Waals surface area contributed by atoms with Crippen molar-refractivity contribution in [3.63, 3.8) is 0 Å². The summed E-state index contributed by atoms with van der Waals surface area (Å²) >= 11 is 0. The SMILES string of the molecule is COC1(c2ccccc2C2(CN)CCCC2)CC1. The first kappa shape index (κ1) is 12.2. The molecule has 0 heterocycles. The number of hydrogen-bond donors (Lipinski definition) is 1. The van der Waals surface area contributed by atoms with Gasteiger partial charge in [-0.1, -0.05) is 37.1 Å². The van der Waals surface area contributed by atoms with E-state index in [2.05, 4.69) is 24.3 Å². The van der Waals surface area contributed by atoms with E-state index in [1.165, 1.54) is 36.8 Å². The molecule has 2 aliphatic carbocycles. The van der Waals surface area contributed by atoms with Gasteiger partial charge in [-0.2, -0.15) is 0 Å². The van der Waals surface area contributed by atoms with Gasteiger partial charge in [-0.3, -0.25) is 0 Å². The third-order valence-corrected chi connectivity index (χ3v) is 5.04. The molecule has 0 aliphatic heterocycles. The summed E-state index contributed by atoms with van der Waals surface area (Å²) in [7, 11) is 1.84. The van der Waals surface area contributed by atoms with E-state index in [1.54, 1.807) is 0 Å². The number of ether oxygens (including phenoxy) is 1. The summed E-state index contributed by atoms with van der Waals surface area (Å²) in [6.45, 7) is 0.768. The highest BCUT2D eigenvalue weighted by Crippen LogP contribution is 2.53. The van der Waals surface area contributed by atoms with Gasteiger partial charge in [0.15, 0.2) is 0 Å². The van der Waals surface area contributed by atoms with Crippen molar-refractivity contribution in [2.75, 3.05) is 13.7 Å². The number of benzene rings is 1. The van der Waals surface area contributed by atoms with Crippen LogP contribution in [0.2, 0.25) is 0 Å². The summed E-state index contributed by atoms with van der Waals surface area (Å²) in [5.74, 6) is 0. The molecule has 98 valence electrons. The largest absolute Gasteiger partial charge is 0.374 e. The molecule has 0 atom stereocenters. The van der Waals surface area contributed by atoms with Crippen molar-refractivity contribution in [3.8, 4) is 0 Å². The van der Waals surface area contributed by atoms with E-state index in [-0.39, 0.29) is 11.0 Å². The van der Waals surface area contributed by atoms with Gasteiger partial charge in [0.2, 0.25) is 0 Å². The lowest BCUT2D eigenvalue weighted by Gasteiger charge is -2.32. The van der Waals surface area contributed by atoms with Gasteiger partial charge < -0.3 is 10.5 Å². The zero-order valence-electron chi connectivity index (χ0n) is 11.2. The van der Waals surface area contributed by atoms with Crippen molar-refractivity contribution in [3.05, 3.63) is 35.4 Å². The normalized spacial score (nSPS) is 24.1. The summed E-state index contributed by atoms with van der Waals surface area (Å²) in [6, 6.07) is 8.82. The molecule has 2 N–H and O–H groups in total. The molecule has 1 aromatic carbocycles. The molecule has 18 heavy (non-hydrogen) atoms. The van der Waals surface area contributed by atoms with Gasteiger partial charge in [0, 0.05) is 19.1 Å². The molecule has 2 aliphatic rings. The number of methoxy groups -OCH3 is 1. The third kappa shape index (κ3) is 1.70. The van der Waals surface area contributed by atoms with Crippen LogP contribution in [0.15, 0.2) is 24.3 Å². The maximum atomic E-state index is 6.13. The fourth-order valence-electron chi connectivity index (χ4n) is 3.68. The molecule has 0 radical (unpaired) electrons. The molecule has 2 heteroatoms. The average Bonchev–Trinajstić information content (AvgIpc) is 3.09. The van der Waals surface area contributed by atoms with Gasteiger partial charge in [-0.25, -0.2) is 0 Å². The van der Waals surface area contributed by atoms with Crippen LogP contribution in [0.25, 0.3) is 0 Å². The molecule has 0 spiro atoms. The van der Waals surface area contributed by atoms with Crippen molar-refractivity contribution in [2.24, 2.45) is 5.73 Å². The van der Waals surface area contributed by atoms with Crippen LogP contribution in [-0.2, 0) is 15.8 Å². The Morgan fingerprint density at radius 1 is 1.06 bits per heavy atom. The van der Waals surface area contributed by atoms with E-state index in [0.29, 0.717) is 0 Å². The summed E-state index contributed by atoms with van der Waals surface area (Å²) in [5.41, 5.74) is 9.21. The highest BCUT2D eigenvalue weighted by Gasteiger charge is 2.48. The first-order valence-electron chi connectivity index (χ1n) is 7.12. The minimum atomic E-state index is 0.00134. The molecule has 0 aromatic heterocycles. The van der Waals surface area contributed by atoms with Crippen LogP contribution < -0.4 is 5.73 Å². The summed E-state index contributed by atoms with van der Waals surface area (Å²) in [4.78, 5) is 0. The fraction of sp³-hybridized carbons (Fsp3) is 0.625. The van der Waals surface area contributed by atoms with Gasteiger partial charge in [-0.05, 0) is 36.8 Å².